The highest BCUT2D eigenvalue weighted by Crippen LogP contribution is 2.26. The SMILES string of the molecule is CCc1ccc(Oc2ccc(F)cc2C(C)=O)cc1. The molecule has 2 aromatic carbocycles. The number of halogens is 1. The van der Waals surface area contributed by atoms with Crippen molar-refractivity contribution < 1.29 is 13.9 Å². The third kappa shape index (κ3) is 3.19. The van der Waals surface area contributed by atoms with Crippen LogP contribution in [0.15, 0.2) is 42.5 Å². The summed E-state index contributed by atoms with van der Waals surface area (Å²) in [5, 5.41) is 0. The van der Waals surface area contributed by atoms with Crippen LogP contribution in [0, 0.1) is 5.82 Å². The Balaban J connectivity index is 2.29. The topological polar surface area (TPSA) is 26.3 Å². The van der Waals surface area contributed by atoms with Crippen molar-refractivity contribution in [2.75, 3.05) is 0 Å². The number of aryl methyl sites for hydroxylation is 1. The van der Waals surface area contributed by atoms with E-state index in [1.165, 1.54) is 30.7 Å². The fraction of sp³-hybridized carbons (Fsp3) is 0.188. The van der Waals surface area contributed by atoms with Crippen LogP contribution in [0.3, 0.4) is 0 Å². The van der Waals surface area contributed by atoms with E-state index in [4.69, 9.17) is 4.74 Å². The van der Waals surface area contributed by atoms with Crippen molar-refractivity contribution in [3.8, 4) is 11.5 Å². The van der Waals surface area contributed by atoms with Gasteiger partial charge in [-0.25, -0.2) is 4.39 Å². The summed E-state index contributed by atoms with van der Waals surface area (Å²) in [5.41, 5.74) is 1.46. The van der Waals surface area contributed by atoms with Crippen molar-refractivity contribution >= 4 is 5.78 Å². The Labute approximate surface area is 111 Å². The van der Waals surface area contributed by atoms with Crippen LogP contribution in [0.2, 0.25) is 0 Å². The summed E-state index contributed by atoms with van der Waals surface area (Å²) in [7, 11) is 0. The third-order valence-electron chi connectivity index (χ3n) is 2.88. The van der Waals surface area contributed by atoms with Crippen molar-refractivity contribution in [1.29, 1.82) is 0 Å². The van der Waals surface area contributed by atoms with E-state index in [0.29, 0.717) is 11.5 Å². The number of rotatable bonds is 4. The number of ether oxygens (including phenoxy) is 1. The Kier molecular flexibility index (Phi) is 3.95. The molecule has 0 aliphatic rings. The van der Waals surface area contributed by atoms with Crippen LogP contribution in [0.25, 0.3) is 0 Å². The lowest BCUT2D eigenvalue weighted by molar-refractivity contribution is 0.101. The van der Waals surface area contributed by atoms with Gasteiger partial charge in [0.1, 0.15) is 17.3 Å². The van der Waals surface area contributed by atoms with Gasteiger partial charge < -0.3 is 4.74 Å². The van der Waals surface area contributed by atoms with Crippen molar-refractivity contribution in [2.24, 2.45) is 0 Å². The molecule has 0 radical (unpaired) electrons. The molecular weight excluding hydrogens is 243 g/mol. The molecule has 0 aliphatic heterocycles. The normalized spacial score (nSPS) is 10.3. The smallest absolute Gasteiger partial charge is 0.163 e. The molecule has 98 valence electrons. The Hall–Kier alpha value is -2.16. The van der Waals surface area contributed by atoms with E-state index < -0.39 is 5.82 Å². The van der Waals surface area contributed by atoms with Crippen molar-refractivity contribution in [1.82, 2.24) is 0 Å². The molecule has 0 N–H and O–H groups in total. The second-order valence-corrected chi connectivity index (χ2v) is 4.30. The zero-order valence-electron chi connectivity index (χ0n) is 10.9. The highest BCUT2D eigenvalue weighted by atomic mass is 19.1. The van der Waals surface area contributed by atoms with E-state index in [2.05, 4.69) is 6.92 Å². The van der Waals surface area contributed by atoms with E-state index in [-0.39, 0.29) is 11.3 Å². The van der Waals surface area contributed by atoms with Gasteiger partial charge in [0.15, 0.2) is 5.78 Å². The van der Waals surface area contributed by atoms with E-state index >= 15 is 0 Å². The number of carbonyl (C=O) groups is 1. The van der Waals surface area contributed by atoms with Gasteiger partial charge >= 0.3 is 0 Å². The van der Waals surface area contributed by atoms with Gasteiger partial charge in [0.25, 0.3) is 0 Å². The summed E-state index contributed by atoms with van der Waals surface area (Å²) in [5.74, 6) is 0.336. The maximum Gasteiger partial charge on any atom is 0.163 e. The highest BCUT2D eigenvalue weighted by Gasteiger charge is 2.10. The summed E-state index contributed by atoms with van der Waals surface area (Å²) in [6.07, 6.45) is 0.954. The quantitative estimate of drug-likeness (QED) is 0.760. The van der Waals surface area contributed by atoms with E-state index in [9.17, 15) is 9.18 Å². The zero-order chi connectivity index (χ0) is 13.8. The van der Waals surface area contributed by atoms with Gasteiger partial charge in [0.2, 0.25) is 0 Å². The van der Waals surface area contributed by atoms with Crippen LogP contribution in [0.4, 0.5) is 4.39 Å². The molecule has 0 heterocycles. The summed E-state index contributed by atoms with van der Waals surface area (Å²) < 4.78 is 18.8. The first-order valence-corrected chi connectivity index (χ1v) is 6.17. The second-order valence-electron chi connectivity index (χ2n) is 4.30. The number of Topliss-reactive ketones (excluding diaryl/α,β-unsaturated/α-hetero) is 1. The molecule has 0 spiro atoms. The molecule has 0 aromatic heterocycles. The molecule has 0 fully saturated rings. The number of carbonyl (C=O) groups excluding carboxylic acids is 1. The minimum atomic E-state index is -0.445. The standard InChI is InChI=1S/C16H15FO2/c1-3-12-4-7-14(8-5-12)19-16-9-6-13(17)10-15(16)11(2)18/h4-10H,3H2,1-2H3. The Bertz CT molecular complexity index is 588. The molecule has 2 nitrogen and oxygen atoms in total. The molecule has 0 bridgehead atoms. The van der Waals surface area contributed by atoms with Crippen molar-refractivity contribution in [3.63, 3.8) is 0 Å². The molecule has 2 aromatic rings. The molecule has 0 saturated carbocycles. The third-order valence-corrected chi connectivity index (χ3v) is 2.88. The van der Waals surface area contributed by atoms with Crippen LogP contribution in [-0.2, 0) is 6.42 Å². The van der Waals surface area contributed by atoms with Crippen LogP contribution in [0.1, 0.15) is 29.8 Å². The molecule has 0 atom stereocenters. The van der Waals surface area contributed by atoms with Crippen LogP contribution in [-0.4, -0.2) is 5.78 Å². The monoisotopic (exact) mass is 258 g/mol. The van der Waals surface area contributed by atoms with Gasteiger partial charge in [0, 0.05) is 0 Å². The molecule has 0 saturated heterocycles. The number of benzene rings is 2. The average molecular weight is 258 g/mol. The molecule has 3 heteroatoms. The maximum absolute atomic E-state index is 13.1. The van der Waals surface area contributed by atoms with Gasteiger partial charge in [-0.15, -0.1) is 0 Å². The van der Waals surface area contributed by atoms with Gasteiger partial charge in [-0.05, 0) is 49.2 Å². The van der Waals surface area contributed by atoms with Gasteiger partial charge in [-0.3, -0.25) is 4.79 Å². The number of ketones is 1. The summed E-state index contributed by atoms with van der Waals surface area (Å²) >= 11 is 0. The summed E-state index contributed by atoms with van der Waals surface area (Å²) in [6, 6.07) is 11.6. The number of hydrogen-bond acceptors (Lipinski definition) is 2. The number of hydrogen-bond donors (Lipinski definition) is 0. The Morgan fingerprint density at radius 3 is 2.42 bits per heavy atom. The van der Waals surface area contributed by atoms with Crippen molar-refractivity contribution in [3.05, 3.63) is 59.4 Å². The second kappa shape index (κ2) is 5.65. The first-order valence-electron chi connectivity index (χ1n) is 6.17. The van der Waals surface area contributed by atoms with Crippen LogP contribution >= 0.6 is 0 Å². The molecule has 0 amide bonds. The lowest BCUT2D eigenvalue weighted by atomic mass is 10.1. The molecule has 0 unspecified atom stereocenters. The highest BCUT2D eigenvalue weighted by molar-refractivity contribution is 5.96. The van der Waals surface area contributed by atoms with Crippen LogP contribution in [0.5, 0.6) is 11.5 Å². The van der Waals surface area contributed by atoms with Gasteiger partial charge in [-0.2, -0.15) is 0 Å². The maximum atomic E-state index is 13.1. The predicted molar refractivity (Wildman–Crippen MR) is 72.3 cm³/mol. The largest absolute Gasteiger partial charge is 0.457 e. The Morgan fingerprint density at radius 1 is 1.16 bits per heavy atom. The lowest BCUT2D eigenvalue weighted by Gasteiger charge is -2.10. The zero-order valence-corrected chi connectivity index (χ0v) is 10.9. The molecular formula is C16H15FO2. The minimum Gasteiger partial charge on any atom is -0.457 e. The van der Waals surface area contributed by atoms with E-state index in [0.717, 1.165) is 6.42 Å². The summed E-state index contributed by atoms with van der Waals surface area (Å²) in [6.45, 7) is 3.46. The lowest BCUT2D eigenvalue weighted by Crippen LogP contribution is -1.98. The van der Waals surface area contributed by atoms with Crippen LogP contribution < -0.4 is 4.74 Å². The van der Waals surface area contributed by atoms with Gasteiger partial charge in [-0.1, -0.05) is 19.1 Å². The Morgan fingerprint density at radius 2 is 1.84 bits per heavy atom. The minimum absolute atomic E-state index is 0.223. The molecule has 19 heavy (non-hydrogen) atoms. The predicted octanol–water partition coefficient (Wildman–Crippen LogP) is 4.38. The molecule has 0 aliphatic carbocycles. The summed E-state index contributed by atoms with van der Waals surface area (Å²) in [4.78, 5) is 11.5. The fourth-order valence-electron chi connectivity index (χ4n) is 1.79. The fourth-order valence-corrected chi connectivity index (χ4v) is 1.79. The first-order chi connectivity index (χ1) is 9.10. The first kappa shape index (κ1) is 13.3. The van der Waals surface area contributed by atoms with Gasteiger partial charge in [0.05, 0.1) is 5.56 Å². The van der Waals surface area contributed by atoms with E-state index in [1.54, 1.807) is 0 Å². The van der Waals surface area contributed by atoms with E-state index in [1.807, 2.05) is 24.3 Å². The molecule has 2 rings (SSSR count). The van der Waals surface area contributed by atoms with Crippen molar-refractivity contribution in [2.45, 2.75) is 20.3 Å². The average Bonchev–Trinajstić information content (AvgIpc) is 2.41.